The van der Waals surface area contributed by atoms with E-state index in [1.807, 2.05) is 0 Å². The van der Waals surface area contributed by atoms with Crippen LogP contribution in [0.1, 0.15) is 12.5 Å². The molecule has 0 saturated carbocycles. The molecule has 0 spiro atoms. The molecule has 1 aromatic carbocycles. The summed E-state index contributed by atoms with van der Waals surface area (Å²) in [4.78, 5) is 12.9. The van der Waals surface area contributed by atoms with Gasteiger partial charge in [-0.25, -0.2) is 0 Å². The molecule has 0 fully saturated rings. The van der Waals surface area contributed by atoms with E-state index in [1.54, 1.807) is 6.92 Å². The van der Waals surface area contributed by atoms with Gasteiger partial charge in [0.05, 0.1) is 12.2 Å². The molecule has 0 aliphatic heterocycles. The van der Waals surface area contributed by atoms with Crippen molar-refractivity contribution in [2.45, 2.75) is 13.1 Å². The maximum absolute atomic E-state index is 12.6. The highest BCUT2D eigenvalue weighted by Crippen LogP contribution is 2.31. The molecule has 0 unspecified atom stereocenters. The van der Waals surface area contributed by atoms with E-state index in [0.717, 1.165) is 17.0 Å². The molecule has 0 heterocycles. The van der Waals surface area contributed by atoms with E-state index in [0.29, 0.717) is 0 Å². The van der Waals surface area contributed by atoms with Gasteiger partial charge in [0.1, 0.15) is 0 Å². The molecular weight excluding hydrogens is 259 g/mol. The number of carbonyl (C=O) groups excluding carboxylic acids is 1. The number of benzene rings is 1. The SMILES string of the molecule is C=C(OCC)C(=O)N(C)c1cccc(C(F)(F)F)c1. The summed E-state index contributed by atoms with van der Waals surface area (Å²) < 4.78 is 42.6. The summed E-state index contributed by atoms with van der Waals surface area (Å²) >= 11 is 0. The Kier molecular flexibility index (Phi) is 4.58. The lowest BCUT2D eigenvalue weighted by Gasteiger charge is -2.19. The highest BCUT2D eigenvalue weighted by Gasteiger charge is 2.31. The lowest BCUT2D eigenvalue weighted by atomic mass is 10.2. The third-order valence-corrected chi connectivity index (χ3v) is 2.42. The number of rotatable bonds is 4. The first-order valence-electron chi connectivity index (χ1n) is 5.54. The van der Waals surface area contributed by atoms with Gasteiger partial charge < -0.3 is 9.64 Å². The molecule has 1 aromatic rings. The summed E-state index contributed by atoms with van der Waals surface area (Å²) in [6.45, 7) is 5.37. The summed E-state index contributed by atoms with van der Waals surface area (Å²) in [6.07, 6.45) is -4.45. The Balaban J connectivity index is 2.97. The maximum Gasteiger partial charge on any atom is 0.416 e. The minimum Gasteiger partial charge on any atom is -0.489 e. The highest BCUT2D eigenvalue weighted by atomic mass is 19.4. The van der Waals surface area contributed by atoms with E-state index in [9.17, 15) is 18.0 Å². The quantitative estimate of drug-likeness (QED) is 0.622. The topological polar surface area (TPSA) is 29.5 Å². The Bertz CT molecular complexity index is 483. The van der Waals surface area contributed by atoms with Crippen LogP contribution < -0.4 is 4.90 Å². The third-order valence-electron chi connectivity index (χ3n) is 2.42. The van der Waals surface area contributed by atoms with Crippen LogP contribution >= 0.6 is 0 Å². The van der Waals surface area contributed by atoms with Crippen molar-refractivity contribution in [3.8, 4) is 0 Å². The normalized spacial score (nSPS) is 11.0. The van der Waals surface area contributed by atoms with Crippen molar-refractivity contribution in [2.24, 2.45) is 0 Å². The summed E-state index contributed by atoms with van der Waals surface area (Å²) in [6, 6.07) is 4.49. The number of carbonyl (C=O) groups is 1. The average Bonchev–Trinajstić information content (AvgIpc) is 2.36. The van der Waals surface area contributed by atoms with Crippen molar-refractivity contribution in [3.05, 3.63) is 42.2 Å². The summed E-state index contributed by atoms with van der Waals surface area (Å²) in [7, 11) is 1.36. The minimum absolute atomic E-state index is 0.109. The number of alkyl halides is 3. The first-order chi connectivity index (χ1) is 8.77. The fourth-order valence-electron chi connectivity index (χ4n) is 1.43. The van der Waals surface area contributed by atoms with Crippen LogP contribution in [-0.4, -0.2) is 19.6 Å². The minimum atomic E-state index is -4.45. The molecule has 6 heteroatoms. The zero-order valence-electron chi connectivity index (χ0n) is 10.6. The Morgan fingerprint density at radius 3 is 2.58 bits per heavy atom. The van der Waals surface area contributed by atoms with Gasteiger partial charge in [-0.2, -0.15) is 13.2 Å². The molecule has 19 heavy (non-hydrogen) atoms. The van der Waals surface area contributed by atoms with Crippen LogP contribution in [0.2, 0.25) is 0 Å². The number of ether oxygens (including phenoxy) is 1. The third kappa shape index (κ3) is 3.74. The van der Waals surface area contributed by atoms with E-state index in [4.69, 9.17) is 4.74 Å². The molecule has 0 bridgehead atoms. The summed E-state index contributed by atoms with van der Waals surface area (Å²) in [5, 5.41) is 0. The van der Waals surface area contributed by atoms with E-state index < -0.39 is 17.6 Å². The summed E-state index contributed by atoms with van der Waals surface area (Å²) in [5.74, 6) is -0.691. The van der Waals surface area contributed by atoms with Gasteiger partial charge in [-0.15, -0.1) is 0 Å². The fourth-order valence-corrected chi connectivity index (χ4v) is 1.43. The number of hydrogen-bond acceptors (Lipinski definition) is 2. The van der Waals surface area contributed by atoms with Gasteiger partial charge in [0.2, 0.25) is 0 Å². The molecule has 104 valence electrons. The Hall–Kier alpha value is -1.98. The highest BCUT2D eigenvalue weighted by molar-refractivity contribution is 6.03. The number of nitrogens with zero attached hydrogens (tertiary/aromatic N) is 1. The van der Waals surface area contributed by atoms with Crippen molar-refractivity contribution < 1.29 is 22.7 Å². The van der Waals surface area contributed by atoms with E-state index in [2.05, 4.69) is 6.58 Å². The average molecular weight is 273 g/mol. The van der Waals surface area contributed by atoms with Crippen LogP contribution in [0.3, 0.4) is 0 Å². The smallest absolute Gasteiger partial charge is 0.416 e. The van der Waals surface area contributed by atoms with Crippen LogP contribution in [0.4, 0.5) is 18.9 Å². The Labute approximate surface area is 109 Å². The van der Waals surface area contributed by atoms with Crippen molar-refractivity contribution in [3.63, 3.8) is 0 Å². The van der Waals surface area contributed by atoms with Gasteiger partial charge >= 0.3 is 6.18 Å². The predicted octanol–water partition coefficient (Wildman–Crippen LogP) is 3.22. The van der Waals surface area contributed by atoms with Crippen LogP contribution in [0.5, 0.6) is 0 Å². The molecule has 0 aromatic heterocycles. The van der Waals surface area contributed by atoms with E-state index >= 15 is 0 Å². The zero-order valence-corrected chi connectivity index (χ0v) is 10.6. The second-order valence-corrected chi connectivity index (χ2v) is 3.77. The molecule has 0 radical (unpaired) electrons. The van der Waals surface area contributed by atoms with Gasteiger partial charge in [-0.05, 0) is 25.1 Å². The molecule has 0 N–H and O–H groups in total. The fraction of sp³-hybridized carbons (Fsp3) is 0.308. The number of amides is 1. The molecule has 0 aliphatic carbocycles. The standard InChI is InChI=1S/C13H14F3NO2/c1-4-19-9(2)12(18)17(3)11-7-5-6-10(8-11)13(14,15)16/h5-8H,2,4H2,1,3H3. The van der Waals surface area contributed by atoms with Gasteiger partial charge in [-0.1, -0.05) is 12.6 Å². The number of anilines is 1. The molecule has 3 nitrogen and oxygen atoms in total. The van der Waals surface area contributed by atoms with Crippen molar-refractivity contribution >= 4 is 11.6 Å². The monoisotopic (exact) mass is 273 g/mol. The predicted molar refractivity (Wildman–Crippen MR) is 65.6 cm³/mol. The van der Waals surface area contributed by atoms with Crippen molar-refractivity contribution in [2.75, 3.05) is 18.6 Å². The maximum atomic E-state index is 12.6. The number of hydrogen-bond donors (Lipinski definition) is 0. The number of halogens is 3. The first kappa shape index (κ1) is 15.1. The van der Waals surface area contributed by atoms with Crippen molar-refractivity contribution in [1.29, 1.82) is 0 Å². The second kappa shape index (κ2) is 5.77. The van der Waals surface area contributed by atoms with E-state index in [-0.39, 0.29) is 18.1 Å². The van der Waals surface area contributed by atoms with Gasteiger partial charge in [-0.3, -0.25) is 4.79 Å². The molecular formula is C13H14F3NO2. The van der Waals surface area contributed by atoms with Crippen LogP contribution in [0, 0.1) is 0 Å². The zero-order chi connectivity index (χ0) is 14.6. The van der Waals surface area contributed by atoms with Gasteiger partial charge in [0, 0.05) is 12.7 Å². The first-order valence-corrected chi connectivity index (χ1v) is 5.54. The van der Waals surface area contributed by atoms with Crippen LogP contribution in [-0.2, 0) is 15.7 Å². The molecule has 0 atom stereocenters. The largest absolute Gasteiger partial charge is 0.489 e. The second-order valence-electron chi connectivity index (χ2n) is 3.77. The van der Waals surface area contributed by atoms with E-state index in [1.165, 1.54) is 19.2 Å². The molecule has 1 rings (SSSR count). The Morgan fingerprint density at radius 1 is 1.42 bits per heavy atom. The lowest BCUT2D eigenvalue weighted by molar-refractivity contribution is -0.137. The molecule has 1 amide bonds. The summed E-state index contributed by atoms with van der Waals surface area (Å²) in [5.41, 5.74) is -0.688. The lowest BCUT2D eigenvalue weighted by Crippen LogP contribution is -2.28. The Morgan fingerprint density at radius 2 is 2.05 bits per heavy atom. The number of likely N-dealkylation sites (N-methyl/N-ethyl adjacent to an activating group) is 1. The van der Waals surface area contributed by atoms with Gasteiger partial charge in [0.15, 0.2) is 5.76 Å². The van der Waals surface area contributed by atoms with Crippen LogP contribution in [0.15, 0.2) is 36.6 Å². The van der Waals surface area contributed by atoms with Crippen LogP contribution in [0.25, 0.3) is 0 Å². The van der Waals surface area contributed by atoms with Crippen molar-refractivity contribution in [1.82, 2.24) is 0 Å². The van der Waals surface area contributed by atoms with Gasteiger partial charge in [0.25, 0.3) is 5.91 Å². The molecule has 0 aliphatic rings. The molecule has 0 saturated heterocycles.